The summed E-state index contributed by atoms with van der Waals surface area (Å²) in [5.41, 5.74) is 2.77. The molecule has 0 saturated heterocycles. The Morgan fingerprint density at radius 3 is 2.53 bits per heavy atom. The first-order valence-electron chi connectivity index (χ1n) is 5.39. The van der Waals surface area contributed by atoms with E-state index in [0.29, 0.717) is 6.17 Å². The molecule has 0 N–H and O–H groups in total. The van der Waals surface area contributed by atoms with Crippen LogP contribution in [0.5, 0.6) is 0 Å². The zero-order valence-corrected chi connectivity index (χ0v) is 9.64. The number of benzene rings is 1. The highest BCUT2D eigenvalue weighted by atomic mass is 15.4. The van der Waals surface area contributed by atoms with Crippen molar-refractivity contribution in [2.24, 2.45) is 0 Å². The normalized spacial score (nSPS) is 20.1. The summed E-state index contributed by atoms with van der Waals surface area (Å²) < 4.78 is 0. The van der Waals surface area contributed by atoms with Gasteiger partial charge in [0.15, 0.2) is 0 Å². The van der Waals surface area contributed by atoms with Crippen LogP contribution in [-0.4, -0.2) is 23.0 Å². The largest absolute Gasteiger partial charge is 0.359 e. The van der Waals surface area contributed by atoms with E-state index in [2.05, 4.69) is 67.4 Å². The van der Waals surface area contributed by atoms with E-state index in [9.17, 15) is 0 Å². The molecule has 0 bridgehead atoms. The van der Waals surface area contributed by atoms with E-state index in [1.54, 1.807) is 0 Å². The van der Waals surface area contributed by atoms with Crippen LogP contribution in [0.2, 0.25) is 0 Å². The fourth-order valence-electron chi connectivity index (χ4n) is 1.84. The molecule has 1 unspecified atom stereocenters. The second-order valence-electron chi connectivity index (χ2n) is 4.19. The Kier molecular flexibility index (Phi) is 2.67. The Bertz CT molecular complexity index is 371. The predicted octanol–water partition coefficient (Wildman–Crippen LogP) is 2.56. The Hall–Kier alpha value is -1.44. The molecule has 2 heteroatoms. The van der Waals surface area contributed by atoms with Crippen LogP contribution in [0, 0.1) is 6.92 Å². The summed E-state index contributed by atoms with van der Waals surface area (Å²) in [6.45, 7) is 5.39. The van der Waals surface area contributed by atoms with Gasteiger partial charge in [-0.05, 0) is 25.0 Å². The monoisotopic (exact) mass is 202 g/mol. The van der Waals surface area contributed by atoms with E-state index >= 15 is 0 Å². The van der Waals surface area contributed by atoms with Crippen molar-refractivity contribution in [1.82, 2.24) is 9.80 Å². The van der Waals surface area contributed by atoms with Gasteiger partial charge in [-0.2, -0.15) is 0 Å². The average Bonchev–Trinajstić information content (AvgIpc) is 2.53. The molecule has 0 aliphatic carbocycles. The molecule has 0 saturated carbocycles. The van der Waals surface area contributed by atoms with Gasteiger partial charge in [0.05, 0.1) is 6.17 Å². The van der Waals surface area contributed by atoms with Crippen LogP contribution in [0.15, 0.2) is 36.7 Å². The third-order valence-corrected chi connectivity index (χ3v) is 3.18. The van der Waals surface area contributed by atoms with Crippen LogP contribution in [0.4, 0.5) is 0 Å². The van der Waals surface area contributed by atoms with E-state index in [4.69, 9.17) is 0 Å². The van der Waals surface area contributed by atoms with Crippen LogP contribution in [0.1, 0.15) is 18.1 Å². The molecule has 1 atom stereocenters. The third kappa shape index (κ3) is 1.99. The first kappa shape index (κ1) is 10.1. The van der Waals surface area contributed by atoms with Gasteiger partial charge in [0.25, 0.3) is 0 Å². The molecule has 0 spiro atoms. The number of hydrogen-bond acceptors (Lipinski definition) is 2. The Labute approximate surface area is 91.8 Å². The van der Waals surface area contributed by atoms with Crippen molar-refractivity contribution in [3.8, 4) is 0 Å². The van der Waals surface area contributed by atoms with Gasteiger partial charge < -0.3 is 9.80 Å². The molecule has 0 aromatic heterocycles. The summed E-state index contributed by atoms with van der Waals surface area (Å²) in [4.78, 5) is 4.57. The Morgan fingerprint density at radius 2 is 1.93 bits per heavy atom. The molecule has 1 aromatic carbocycles. The maximum atomic E-state index is 2.35. The van der Waals surface area contributed by atoms with Crippen LogP contribution in [0.25, 0.3) is 0 Å². The van der Waals surface area contributed by atoms with Crippen LogP contribution in [-0.2, 0) is 6.54 Å². The van der Waals surface area contributed by atoms with E-state index < -0.39 is 0 Å². The maximum Gasteiger partial charge on any atom is 0.0978 e. The molecular weight excluding hydrogens is 184 g/mol. The lowest BCUT2D eigenvalue weighted by molar-refractivity contribution is 0.189. The minimum Gasteiger partial charge on any atom is -0.359 e. The van der Waals surface area contributed by atoms with Gasteiger partial charge in [-0.3, -0.25) is 0 Å². The number of aryl methyl sites for hydroxylation is 1. The number of nitrogens with zero attached hydrogens (tertiary/aromatic N) is 2. The van der Waals surface area contributed by atoms with E-state index in [1.165, 1.54) is 11.1 Å². The molecule has 15 heavy (non-hydrogen) atoms. The standard InChI is InChI=1S/C13H18N2/c1-11-6-4-5-7-13(11)10-15-9-8-14(3)12(15)2/h4-9,12H,10H2,1-3H3. The SMILES string of the molecule is Cc1ccccc1CN1C=CN(C)C1C. The molecule has 1 heterocycles. The third-order valence-electron chi connectivity index (χ3n) is 3.18. The summed E-state index contributed by atoms with van der Waals surface area (Å²) >= 11 is 0. The van der Waals surface area contributed by atoms with Crippen molar-refractivity contribution >= 4 is 0 Å². The number of rotatable bonds is 2. The minimum atomic E-state index is 0.463. The molecule has 80 valence electrons. The van der Waals surface area contributed by atoms with Gasteiger partial charge in [-0.15, -0.1) is 0 Å². The molecule has 2 nitrogen and oxygen atoms in total. The Morgan fingerprint density at radius 1 is 1.20 bits per heavy atom. The molecular formula is C13H18N2. The van der Waals surface area contributed by atoms with Crippen LogP contribution < -0.4 is 0 Å². The van der Waals surface area contributed by atoms with Crippen molar-refractivity contribution in [1.29, 1.82) is 0 Å². The molecule has 0 amide bonds. The second-order valence-corrected chi connectivity index (χ2v) is 4.19. The smallest absolute Gasteiger partial charge is 0.0978 e. The lowest BCUT2D eigenvalue weighted by atomic mass is 10.1. The fraction of sp³-hybridized carbons (Fsp3) is 0.385. The lowest BCUT2D eigenvalue weighted by Gasteiger charge is -2.27. The molecule has 1 aliphatic heterocycles. The van der Waals surface area contributed by atoms with Gasteiger partial charge in [0.2, 0.25) is 0 Å². The summed E-state index contributed by atoms with van der Waals surface area (Å²) in [5.74, 6) is 0. The molecule has 0 fully saturated rings. The zero-order chi connectivity index (χ0) is 10.8. The Balaban J connectivity index is 2.10. The summed E-state index contributed by atoms with van der Waals surface area (Å²) in [6, 6.07) is 8.57. The average molecular weight is 202 g/mol. The van der Waals surface area contributed by atoms with Gasteiger partial charge >= 0.3 is 0 Å². The van der Waals surface area contributed by atoms with Crippen molar-refractivity contribution < 1.29 is 0 Å². The fourth-order valence-corrected chi connectivity index (χ4v) is 1.84. The van der Waals surface area contributed by atoms with Crippen molar-refractivity contribution in [3.63, 3.8) is 0 Å². The van der Waals surface area contributed by atoms with Gasteiger partial charge in [-0.1, -0.05) is 24.3 Å². The highest BCUT2D eigenvalue weighted by molar-refractivity contribution is 5.25. The van der Waals surface area contributed by atoms with Crippen molar-refractivity contribution in [2.45, 2.75) is 26.6 Å². The quantitative estimate of drug-likeness (QED) is 0.727. The van der Waals surface area contributed by atoms with Crippen molar-refractivity contribution in [3.05, 3.63) is 47.8 Å². The van der Waals surface area contributed by atoms with E-state index in [-0.39, 0.29) is 0 Å². The number of hydrogen-bond donors (Lipinski definition) is 0. The highest BCUT2D eigenvalue weighted by Gasteiger charge is 2.18. The second kappa shape index (κ2) is 3.97. The topological polar surface area (TPSA) is 6.48 Å². The summed E-state index contributed by atoms with van der Waals surface area (Å²) in [6.07, 6.45) is 4.75. The molecule has 1 aliphatic rings. The molecule has 0 radical (unpaired) electrons. The minimum absolute atomic E-state index is 0.463. The van der Waals surface area contributed by atoms with E-state index in [1.807, 2.05) is 0 Å². The van der Waals surface area contributed by atoms with Gasteiger partial charge in [0, 0.05) is 26.0 Å². The first-order valence-corrected chi connectivity index (χ1v) is 5.39. The van der Waals surface area contributed by atoms with Crippen molar-refractivity contribution in [2.75, 3.05) is 7.05 Å². The predicted molar refractivity (Wildman–Crippen MR) is 63.1 cm³/mol. The van der Waals surface area contributed by atoms with E-state index in [0.717, 1.165) is 6.54 Å². The zero-order valence-electron chi connectivity index (χ0n) is 9.64. The first-order chi connectivity index (χ1) is 7.18. The summed E-state index contributed by atoms with van der Waals surface area (Å²) in [5, 5.41) is 0. The van der Waals surface area contributed by atoms with Crippen LogP contribution >= 0.6 is 0 Å². The highest BCUT2D eigenvalue weighted by Crippen LogP contribution is 2.18. The van der Waals surface area contributed by atoms with Gasteiger partial charge in [0.1, 0.15) is 0 Å². The molecule has 1 aromatic rings. The summed E-state index contributed by atoms with van der Waals surface area (Å²) in [7, 11) is 2.11. The van der Waals surface area contributed by atoms with Crippen LogP contribution in [0.3, 0.4) is 0 Å². The maximum absolute atomic E-state index is 2.35. The lowest BCUT2D eigenvalue weighted by Crippen LogP contribution is -2.33. The molecule has 2 rings (SSSR count). The van der Waals surface area contributed by atoms with Gasteiger partial charge in [-0.25, -0.2) is 0 Å².